The van der Waals surface area contributed by atoms with Crippen LogP contribution >= 0.6 is 11.8 Å². The zero-order valence-electron chi connectivity index (χ0n) is 14.2. The third-order valence-electron chi connectivity index (χ3n) is 3.85. The molecule has 0 amide bonds. The van der Waals surface area contributed by atoms with Crippen molar-refractivity contribution in [2.24, 2.45) is 0 Å². The minimum absolute atomic E-state index is 0.147. The summed E-state index contributed by atoms with van der Waals surface area (Å²) in [4.78, 5) is 13.6. The first-order valence-corrected chi connectivity index (χ1v) is 8.89. The fourth-order valence-electron chi connectivity index (χ4n) is 2.46. The van der Waals surface area contributed by atoms with Crippen LogP contribution in [0, 0.1) is 0 Å². The van der Waals surface area contributed by atoms with Gasteiger partial charge in [-0.25, -0.2) is 0 Å². The molecule has 5 heteroatoms. The van der Waals surface area contributed by atoms with Gasteiger partial charge in [-0.05, 0) is 60.9 Å². The molecule has 0 saturated heterocycles. The summed E-state index contributed by atoms with van der Waals surface area (Å²) < 4.78 is 16.2. The van der Waals surface area contributed by atoms with Gasteiger partial charge < -0.3 is 13.9 Å². The zero-order chi connectivity index (χ0) is 17.8. The van der Waals surface area contributed by atoms with Crippen molar-refractivity contribution < 1.29 is 18.7 Å². The number of rotatable bonds is 6. The van der Waals surface area contributed by atoms with E-state index in [1.165, 1.54) is 11.8 Å². The van der Waals surface area contributed by atoms with E-state index in [9.17, 15) is 4.79 Å². The second-order valence-corrected chi connectivity index (χ2v) is 6.14. The first-order chi connectivity index (χ1) is 12.2. The van der Waals surface area contributed by atoms with E-state index >= 15 is 0 Å². The van der Waals surface area contributed by atoms with Gasteiger partial charge in [0.25, 0.3) is 0 Å². The summed E-state index contributed by atoms with van der Waals surface area (Å²) in [5, 5.41) is 0. The Hall–Kier alpha value is -2.66. The molecule has 1 aromatic heterocycles. The topological polar surface area (TPSA) is 48.7 Å². The van der Waals surface area contributed by atoms with Gasteiger partial charge in [-0.2, -0.15) is 0 Å². The van der Waals surface area contributed by atoms with E-state index in [2.05, 4.69) is 0 Å². The van der Waals surface area contributed by atoms with Gasteiger partial charge in [0.05, 0.1) is 19.1 Å². The molecular formula is C20H18O4S. The van der Waals surface area contributed by atoms with Crippen LogP contribution in [0.5, 0.6) is 11.5 Å². The second kappa shape index (κ2) is 7.49. The van der Waals surface area contributed by atoms with Crippen molar-refractivity contribution in [3.8, 4) is 22.8 Å². The third-order valence-corrected chi connectivity index (χ3v) is 4.59. The Morgan fingerprint density at radius 1 is 0.920 bits per heavy atom. The van der Waals surface area contributed by atoms with E-state index in [4.69, 9.17) is 13.9 Å². The van der Waals surface area contributed by atoms with Gasteiger partial charge in [-0.3, -0.25) is 4.79 Å². The normalized spacial score (nSPS) is 10.5. The van der Waals surface area contributed by atoms with Crippen molar-refractivity contribution in [3.63, 3.8) is 0 Å². The van der Waals surface area contributed by atoms with Crippen LogP contribution in [0.3, 0.4) is 0 Å². The summed E-state index contributed by atoms with van der Waals surface area (Å²) >= 11 is 1.49. The number of ketones is 1. The van der Waals surface area contributed by atoms with E-state index in [-0.39, 0.29) is 5.78 Å². The molecule has 25 heavy (non-hydrogen) atoms. The summed E-state index contributed by atoms with van der Waals surface area (Å²) in [6, 6.07) is 16.4. The Labute approximate surface area is 150 Å². The number of carbonyl (C=O) groups is 1. The molecular weight excluding hydrogens is 336 g/mol. The monoisotopic (exact) mass is 354 g/mol. The van der Waals surface area contributed by atoms with Crippen LogP contribution in [0.2, 0.25) is 0 Å². The van der Waals surface area contributed by atoms with Crippen LogP contribution in [-0.4, -0.2) is 26.3 Å². The standard InChI is InChI=1S/C20H18O4S/c1-22-15-8-4-13(5-9-15)17-12-18(25-3)20(24-17)19(21)14-6-10-16(23-2)11-7-14/h4-12H,1-3H3. The molecule has 2 aromatic carbocycles. The molecule has 0 bridgehead atoms. The van der Waals surface area contributed by atoms with E-state index in [1.807, 2.05) is 36.6 Å². The first-order valence-electron chi connectivity index (χ1n) is 7.67. The van der Waals surface area contributed by atoms with E-state index in [1.54, 1.807) is 38.5 Å². The number of benzene rings is 2. The van der Waals surface area contributed by atoms with Gasteiger partial charge >= 0.3 is 0 Å². The quantitative estimate of drug-likeness (QED) is 0.465. The molecule has 0 atom stereocenters. The van der Waals surface area contributed by atoms with Gasteiger partial charge in [0.2, 0.25) is 5.78 Å². The molecule has 0 radical (unpaired) electrons. The van der Waals surface area contributed by atoms with Crippen molar-refractivity contribution in [1.82, 2.24) is 0 Å². The number of ether oxygens (including phenoxy) is 2. The summed E-state index contributed by atoms with van der Waals surface area (Å²) in [6.07, 6.45) is 1.92. The highest BCUT2D eigenvalue weighted by Gasteiger charge is 2.20. The van der Waals surface area contributed by atoms with Crippen LogP contribution in [0.15, 0.2) is 63.9 Å². The highest BCUT2D eigenvalue weighted by atomic mass is 32.2. The third kappa shape index (κ3) is 3.56. The fourth-order valence-corrected chi connectivity index (χ4v) is 3.00. The summed E-state index contributed by atoms with van der Waals surface area (Å²) in [7, 11) is 3.22. The van der Waals surface area contributed by atoms with Crippen molar-refractivity contribution in [3.05, 3.63) is 65.9 Å². The van der Waals surface area contributed by atoms with Gasteiger partial charge in [0.15, 0.2) is 5.76 Å². The number of carbonyl (C=O) groups excluding carboxylic acids is 1. The molecule has 0 aliphatic heterocycles. The predicted octanol–water partition coefficient (Wildman–Crippen LogP) is 4.92. The molecule has 3 aromatic rings. The lowest BCUT2D eigenvalue weighted by atomic mass is 10.1. The Balaban J connectivity index is 1.95. The molecule has 128 valence electrons. The van der Waals surface area contributed by atoms with Gasteiger partial charge in [-0.15, -0.1) is 11.8 Å². The Bertz CT molecular complexity index is 864. The predicted molar refractivity (Wildman–Crippen MR) is 98.9 cm³/mol. The maximum Gasteiger partial charge on any atom is 0.229 e. The minimum Gasteiger partial charge on any atom is -0.497 e. The smallest absolute Gasteiger partial charge is 0.229 e. The van der Waals surface area contributed by atoms with Crippen LogP contribution in [0.1, 0.15) is 16.1 Å². The van der Waals surface area contributed by atoms with Gasteiger partial charge in [0.1, 0.15) is 17.3 Å². The van der Waals surface area contributed by atoms with E-state index in [0.717, 1.165) is 16.2 Å². The van der Waals surface area contributed by atoms with Gasteiger partial charge in [-0.1, -0.05) is 0 Å². The van der Waals surface area contributed by atoms with Crippen LogP contribution in [-0.2, 0) is 0 Å². The van der Waals surface area contributed by atoms with Gasteiger partial charge in [0, 0.05) is 11.1 Å². The maximum absolute atomic E-state index is 12.8. The SMILES string of the molecule is COc1ccc(C(=O)c2oc(-c3ccc(OC)cc3)cc2SC)cc1. The molecule has 0 aliphatic carbocycles. The number of hydrogen-bond acceptors (Lipinski definition) is 5. The van der Waals surface area contributed by atoms with Crippen molar-refractivity contribution in [2.75, 3.05) is 20.5 Å². The fraction of sp³-hybridized carbons (Fsp3) is 0.150. The number of thioether (sulfide) groups is 1. The Morgan fingerprint density at radius 3 is 2.00 bits per heavy atom. The maximum atomic E-state index is 12.8. The average Bonchev–Trinajstić information content (AvgIpc) is 3.12. The summed E-state index contributed by atoms with van der Waals surface area (Å²) in [5.74, 6) is 2.34. The lowest BCUT2D eigenvalue weighted by molar-refractivity contribution is 0.101. The van der Waals surface area contributed by atoms with E-state index < -0.39 is 0 Å². The highest BCUT2D eigenvalue weighted by molar-refractivity contribution is 7.98. The average molecular weight is 354 g/mol. The molecule has 0 N–H and O–H groups in total. The Kier molecular flexibility index (Phi) is 5.14. The van der Waals surface area contributed by atoms with Crippen molar-refractivity contribution in [1.29, 1.82) is 0 Å². The minimum atomic E-state index is -0.147. The molecule has 0 unspecified atom stereocenters. The molecule has 0 fully saturated rings. The summed E-state index contributed by atoms with van der Waals surface area (Å²) in [6.45, 7) is 0. The largest absolute Gasteiger partial charge is 0.497 e. The molecule has 0 saturated carbocycles. The molecule has 0 aliphatic rings. The second-order valence-electron chi connectivity index (χ2n) is 5.29. The van der Waals surface area contributed by atoms with E-state index in [0.29, 0.717) is 22.8 Å². The highest BCUT2D eigenvalue weighted by Crippen LogP contribution is 2.33. The van der Waals surface area contributed by atoms with Crippen LogP contribution in [0.4, 0.5) is 0 Å². The number of hydrogen-bond donors (Lipinski definition) is 0. The Morgan fingerprint density at radius 2 is 1.48 bits per heavy atom. The number of methoxy groups -OCH3 is 2. The number of furan rings is 1. The van der Waals surface area contributed by atoms with Crippen LogP contribution in [0.25, 0.3) is 11.3 Å². The molecule has 3 rings (SSSR count). The van der Waals surface area contributed by atoms with Crippen molar-refractivity contribution >= 4 is 17.5 Å². The van der Waals surface area contributed by atoms with Crippen LogP contribution < -0.4 is 9.47 Å². The lowest BCUT2D eigenvalue weighted by Crippen LogP contribution is -2.00. The lowest BCUT2D eigenvalue weighted by Gasteiger charge is -2.03. The first kappa shape index (κ1) is 17.2. The molecule has 0 spiro atoms. The zero-order valence-corrected chi connectivity index (χ0v) is 15.1. The molecule has 1 heterocycles. The van der Waals surface area contributed by atoms with Crippen molar-refractivity contribution in [2.45, 2.75) is 4.90 Å². The molecule has 4 nitrogen and oxygen atoms in total. The summed E-state index contributed by atoms with van der Waals surface area (Å²) in [5.41, 5.74) is 1.46.